The Kier molecular flexibility index (Phi) is 2.83. The van der Waals surface area contributed by atoms with E-state index in [-0.39, 0.29) is 5.41 Å². The van der Waals surface area contributed by atoms with E-state index in [0.717, 1.165) is 6.54 Å². The Labute approximate surface area is 127 Å². The molecule has 0 aromatic heterocycles. The fraction of sp³-hybridized carbons (Fsp3) is 0.368. The average Bonchev–Trinajstić information content (AvgIpc) is 2.95. The van der Waals surface area contributed by atoms with Gasteiger partial charge in [0.1, 0.15) is 0 Å². The summed E-state index contributed by atoms with van der Waals surface area (Å²) in [5.41, 5.74) is 4.60. The molecule has 2 nitrogen and oxygen atoms in total. The summed E-state index contributed by atoms with van der Waals surface area (Å²) in [5, 5.41) is 0. The van der Waals surface area contributed by atoms with Crippen LogP contribution in [-0.4, -0.2) is 24.7 Å². The second-order valence-corrected chi connectivity index (χ2v) is 6.63. The van der Waals surface area contributed by atoms with Crippen molar-refractivity contribution < 1.29 is 0 Å². The fourth-order valence-electron chi connectivity index (χ4n) is 4.36. The topological polar surface area (TPSA) is 6.48 Å². The van der Waals surface area contributed by atoms with E-state index in [1.807, 2.05) is 0 Å². The Morgan fingerprint density at radius 1 is 1.05 bits per heavy atom. The summed E-state index contributed by atoms with van der Waals surface area (Å²) in [7, 11) is 2.25. The van der Waals surface area contributed by atoms with Gasteiger partial charge in [0, 0.05) is 31.2 Å². The molecule has 0 amide bonds. The van der Waals surface area contributed by atoms with Gasteiger partial charge in [0.2, 0.25) is 0 Å². The van der Waals surface area contributed by atoms with E-state index in [1.165, 1.54) is 29.8 Å². The van der Waals surface area contributed by atoms with Gasteiger partial charge in [-0.05, 0) is 23.6 Å². The molecule has 0 spiro atoms. The predicted octanol–water partition coefficient (Wildman–Crippen LogP) is 3.63. The monoisotopic (exact) mass is 278 g/mol. The average molecular weight is 278 g/mol. The predicted molar refractivity (Wildman–Crippen MR) is 87.5 cm³/mol. The van der Waals surface area contributed by atoms with Gasteiger partial charge in [0.25, 0.3) is 0 Å². The quantitative estimate of drug-likeness (QED) is 0.827. The maximum Gasteiger partial charge on any atom is 0.0917 e. The number of fused-ring (bicyclic) bond motifs is 3. The Morgan fingerprint density at radius 3 is 2.57 bits per heavy atom. The minimum atomic E-state index is 0.264. The van der Waals surface area contributed by atoms with E-state index in [9.17, 15) is 0 Å². The van der Waals surface area contributed by atoms with Crippen molar-refractivity contribution in [3.63, 3.8) is 0 Å². The number of anilines is 1. The van der Waals surface area contributed by atoms with Gasteiger partial charge >= 0.3 is 0 Å². The van der Waals surface area contributed by atoms with Crippen LogP contribution >= 0.6 is 0 Å². The molecule has 0 saturated carbocycles. The van der Waals surface area contributed by atoms with Crippen molar-refractivity contribution in [2.24, 2.45) is 0 Å². The van der Waals surface area contributed by atoms with Crippen LogP contribution in [0.5, 0.6) is 0 Å². The molecule has 2 aliphatic rings. The molecule has 4 rings (SSSR count). The molecule has 1 fully saturated rings. The smallest absolute Gasteiger partial charge is 0.0917 e. The third-order valence-electron chi connectivity index (χ3n) is 5.33. The lowest BCUT2D eigenvalue weighted by atomic mass is 9.81. The van der Waals surface area contributed by atoms with Crippen LogP contribution in [0.4, 0.5) is 5.69 Å². The van der Waals surface area contributed by atoms with Crippen LogP contribution in [0.3, 0.4) is 0 Å². The van der Waals surface area contributed by atoms with Crippen LogP contribution in [0.15, 0.2) is 54.6 Å². The standard InChI is InChI=1S/C19H22N2/c1-19-12-13-21(14-15-8-4-3-5-9-15)18(19)20(2)17-11-7-6-10-16(17)19/h3-11,18H,12-14H2,1-2H3/t18-,19+/m1/s1. The molecular formula is C19H22N2. The normalized spacial score (nSPS) is 27.7. The molecule has 21 heavy (non-hydrogen) atoms. The Bertz CT molecular complexity index is 652. The molecule has 108 valence electrons. The summed E-state index contributed by atoms with van der Waals surface area (Å²) in [6.45, 7) is 4.65. The number of rotatable bonds is 2. The van der Waals surface area contributed by atoms with Crippen molar-refractivity contribution in [3.05, 3.63) is 65.7 Å². The minimum absolute atomic E-state index is 0.264. The van der Waals surface area contributed by atoms with E-state index in [2.05, 4.69) is 78.4 Å². The molecule has 2 aromatic rings. The number of para-hydroxylation sites is 1. The van der Waals surface area contributed by atoms with Crippen molar-refractivity contribution in [2.45, 2.75) is 31.5 Å². The van der Waals surface area contributed by atoms with Crippen molar-refractivity contribution in [2.75, 3.05) is 18.5 Å². The third kappa shape index (κ3) is 1.82. The highest BCUT2D eigenvalue weighted by Crippen LogP contribution is 2.51. The lowest BCUT2D eigenvalue weighted by Gasteiger charge is -2.34. The first-order chi connectivity index (χ1) is 10.2. The lowest BCUT2D eigenvalue weighted by molar-refractivity contribution is 0.215. The number of likely N-dealkylation sites (tertiary alicyclic amines) is 1. The molecule has 0 radical (unpaired) electrons. The maximum absolute atomic E-state index is 2.63. The van der Waals surface area contributed by atoms with Crippen LogP contribution in [0, 0.1) is 0 Å². The van der Waals surface area contributed by atoms with E-state index >= 15 is 0 Å². The number of hydrogen-bond acceptors (Lipinski definition) is 2. The summed E-state index contributed by atoms with van der Waals surface area (Å²) < 4.78 is 0. The van der Waals surface area contributed by atoms with Crippen molar-refractivity contribution in [3.8, 4) is 0 Å². The van der Waals surface area contributed by atoms with E-state index < -0.39 is 0 Å². The van der Waals surface area contributed by atoms with Gasteiger partial charge in [-0.2, -0.15) is 0 Å². The van der Waals surface area contributed by atoms with Gasteiger partial charge in [-0.15, -0.1) is 0 Å². The van der Waals surface area contributed by atoms with E-state index in [4.69, 9.17) is 0 Å². The fourth-order valence-corrected chi connectivity index (χ4v) is 4.36. The third-order valence-corrected chi connectivity index (χ3v) is 5.33. The SMILES string of the molecule is CN1c2ccccc2[C@]2(C)CCN(Cc3ccccc3)[C@@H]12. The molecule has 2 aliphatic heterocycles. The number of nitrogens with zero attached hydrogens (tertiary/aromatic N) is 2. The summed E-state index contributed by atoms with van der Waals surface area (Å²) in [6, 6.07) is 19.7. The molecular weight excluding hydrogens is 256 g/mol. The maximum atomic E-state index is 2.63. The highest BCUT2D eigenvalue weighted by atomic mass is 15.4. The summed E-state index contributed by atoms with van der Waals surface area (Å²) in [6.07, 6.45) is 1.72. The highest BCUT2D eigenvalue weighted by Gasteiger charge is 2.52. The van der Waals surface area contributed by atoms with Crippen molar-refractivity contribution >= 4 is 5.69 Å². The number of benzene rings is 2. The molecule has 0 aliphatic carbocycles. The Balaban J connectivity index is 1.68. The van der Waals surface area contributed by atoms with Crippen molar-refractivity contribution in [1.82, 2.24) is 4.90 Å². The first-order valence-electron chi connectivity index (χ1n) is 7.80. The second-order valence-electron chi connectivity index (χ2n) is 6.63. The molecule has 0 N–H and O–H groups in total. The van der Waals surface area contributed by atoms with Crippen LogP contribution in [0.1, 0.15) is 24.5 Å². The molecule has 2 heterocycles. The van der Waals surface area contributed by atoms with Gasteiger partial charge in [-0.1, -0.05) is 55.5 Å². The van der Waals surface area contributed by atoms with Crippen LogP contribution in [0.25, 0.3) is 0 Å². The van der Waals surface area contributed by atoms with Gasteiger partial charge in [0.15, 0.2) is 0 Å². The zero-order valence-electron chi connectivity index (χ0n) is 12.8. The summed E-state index contributed by atoms with van der Waals surface area (Å²) in [4.78, 5) is 5.11. The summed E-state index contributed by atoms with van der Waals surface area (Å²) >= 11 is 0. The van der Waals surface area contributed by atoms with Crippen LogP contribution in [0.2, 0.25) is 0 Å². The van der Waals surface area contributed by atoms with Crippen LogP contribution in [-0.2, 0) is 12.0 Å². The Morgan fingerprint density at radius 2 is 1.76 bits per heavy atom. The lowest BCUT2D eigenvalue weighted by Crippen LogP contribution is -2.46. The molecule has 2 atom stereocenters. The van der Waals surface area contributed by atoms with Gasteiger partial charge < -0.3 is 4.90 Å². The highest BCUT2D eigenvalue weighted by molar-refractivity contribution is 5.64. The first kappa shape index (κ1) is 12.9. The molecule has 2 heteroatoms. The molecule has 1 saturated heterocycles. The minimum Gasteiger partial charge on any atom is -0.358 e. The van der Waals surface area contributed by atoms with Crippen LogP contribution < -0.4 is 4.90 Å². The number of likely N-dealkylation sites (N-methyl/N-ethyl adjacent to an activating group) is 1. The van der Waals surface area contributed by atoms with Crippen molar-refractivity contribution in [1.29, 1.82) is 0 Å². The zero-order chi connectivity index (χ0) is 14.4. The second kappa shape index (κ2) is 4.60. The van der Waals surface area contributed by atoms with E-state index in [0.29, 0.717) is 6.17 Å². The largest absolute Gasteiger partial charge is 0.358 e. The molecule has 0 unspecified atom stereocenters. The molecule has 2 aromatic carbocycles. The van der Waals surface area contributed by atoms with Gasteiger partial charge in [-0.3, -0.25) is 4.90 Å². The number of hydrogen-bond donors (Lipinski definition) is 0. The zero-order valence-corrected chi connectivity index (χ0v) is 12.8. The van der Waals surface area contributed by atoms with Gasteiger partial charge in [0.05, 0.1) is 6.17 Å². The summed E-state index contributed by atoms with van der Waals surface area (Å²) in [5.74, 6) is 0. The first-order valence-corrected chi connectivity index (χ1v) is 7.80. The Hall–Kier alpha value is -1.80. The van der Waals surface area contributed by atoms with E-state index in [1.54, 1.807) is 0 Å². The van der Waals surface area contributed by atoms with Gasteiger partial charge in [-0.25, -0.2) is 0 Å². The molecule has 0 bridgehead atoms.